The minimum Gasteiger partial charge on any atom is -0.318 e. The van der Waals surface area contributed by atoms with Crippen molar-refractivity contribution in [2.24, 2.45) is 0 Å². The minimum atomic E-state index is -2.67. The van der Waals surface area contributed by atoms with Gasteiger partial charge in [0, 0.05) is 31.5 Å². The van der Waals surface area contributed by atoms with Crippen molar-refractivity contribution in [2.75, 3.05) is 38.1 Å². The van der Waals surface area contributed by atoms with E-state index in [1.54, 1.807) is 11.3 Å². The molecule has 13 heavy (non-hydrogen) atoms. The van der Waals surface area contributed by atoms with Crippen LogP contribution in [0.1, 0.15) is 6.92 Å². The average molecular weight is 248 g/mol. The molecule has 80 valence electrons. The first-order chi connectivity index (χ1) is 6.08. The zero-order valence-electron chi connectivity index (χ0n) is 8.00. The van der Waals surface area contributed by atoms with Crippen LogP contribution in [0.2, 0.25) is 0 Å². The molecule has 0 saturated carbocycles. The normalized spacial score (nSPS) is 16.1. The molecule has 0 rings (SSSR count). The summed E-state index contributed by atoms with van der Waals surface area (Å²) in [5.41, 5.74) is 0. The van der Waals surface area contributed by atoms with Crippen molar-refractivity contribution in [3.8, 4) is 0 Å². The molecule has 0 unspecified atom stereocenters. The Labute approximate surface area is 89.8 Å². The standard InChI is InChI=1S/C7H16Cl2NO2P/c1-3-12-13(2,11)10(6-4-8)7-5-9/h3-7H2,1-2H3/t13-/m0/s1. The second kappa shape index (κ2) is 7.08. The highest BCUT2D eigenvalue weighted by Gasteiger charge is 2.24. The predicted octanol–water partition coefficient (Wildman–Crippen LogP) is 2.63. The van der Waals surface area contributed by atoms with Gasteiger partial charge in [-0.25, -0.2) is 4.67 Å². The van der Waals surface area contributed by atoms with E-state index in [1.165, 1.54) is 0 Å². The van der Waals surface area contributed by atoms with Crippen molar-refractivity contribution in [3.63, 3.8) is 0 Å². The van der Waals surface area contributed by atoms with Gasteiger partial charge >= 0.3 is 0 Å². The summed E-state index contributed by atoms with van der Waals surface area (Å²) in [6.45, 7) is 4.93. The number of halogens is 2. The lowest BCUT2D eigenvalue weighted by Crippen LogP contribution is -2.25. The maximum absolute atomic E-state index is 11.9. The Bertz CT molecular complexity index is 174. The fourth-order valence-corrected chi connectivity index (χ4v) is 3.20. The van der Waals surface area contributed by atoms with Crippen molar-refractivity contribution in [2.45, 2.75) is 6.92 Å². The van der Waals surface area contributed by atoms with Crippen LogP contribution < -0.4 is 0 Å². The Morgan fingerprint density at radius 2 is 1.77 bits per heavy atom. The molecule has 6 heteroatoms. The maximum Gasteiger partial charge on any atom is 0.269 e. The summed E-state index contributed by atoms with van der Waals surface area (Å²) in [5.74, 6) is 0.865. The van der Waals surface area contributed by atoms with Crippen LogP contribution in [0, 0.1) is 0 Å². The molecule has 0 radical (unpaired) electrons. The highest BCUT2D eigenvalue weighted by atomic mass is 35.5. The van der Waals surface area contributed by atoms with Gasteiger partial charge in [-0.2, -0.15) is 0 Å². The van der Waals surface area contributed by atoms with Gasteiger partial charge in [0.1, 0.15) is 0 Å². The molecule has 3 nitrogen and oxygen atoms in total. The molecule has 0 heterocycles. The monoisotopic (exact) mass is 247 g/mol. The first-order valence-corrected chi connectivity index (χ1v) is 7.27. The summed E-state index contributed by atoms with van der Waals surface area (Å²) < 4.78 is 18.7. The first kappa shape index (κ1) is 13.7. The van der Waals surface area contributed by atoms with E-state index in [1.807, 2.05) is 6.92 Å². The van der Waals surface area contributed by atoms with E-state index >= 15 is 0 Å². The van der Waals surface area contributed by atoms with Crippen molar-refractivity contribution in [1.29, 1.82) is 0 Å². The van der Waals surface area contributed by atoms with Gasteiger partial charge in [0.2, 0.25) is 0 Å². The number of rotatable bonds is 7. The van der Waals surface area contributed by atoms with Gasteiger partial charge < -0.3 is 4.52 Å². The van der Waals surface area contributed by atoms with E-state index in [9.17, 15) is 4.57 Å². The van der Waals surface area contributed by atoms with Crippen molar-refractivity contribution in [3.05, 3.63) is 0 Å². The molecule has 0 N–H and O–H groups in total. The Morgan fingerprint density at radius 3 is 2.08 bits per heavy atom. The second-order valence-corrected chi connectivity index (χ2v) is 5.74. The molecule has 0 saturated heterocycles. The molecule has 0 aliphatic heterocycles. The lowest BCUT2D eigenvalue weighted by atomic mass is 10.6. The van der Waals surface area contributed by atoms with Crippen molar-refractivity contribution in [1.82, 2.24) is 4.67 Å². The maximum atomic E-state index is 11.9. The van der Waals surface area contributed by atoms with Gasteiger partial charge in [-0.1, -0.05) is 0 Å². The minimum absolute atomic E-state index is 0.432. The van der Waals surface area contributed by atoms with E-state index in [-0.39, 0.29) is 0 Å². The highest BCUT2D eigenvalue weighted by molar-refractivity contribution is 7.55. The molecule has 0 bridgehead atoms. The molecule has 0 aromatic carbocycles. The molecule has 0 aromatic heterocycles. The zero-order chi connectivity index (χ0) is 10.3. The van der Waals surface area contributed by atoms with Gasteiger partial charge in [-0.05, 0) is 6.92 Å². The third-order valence-corrected chi connectivity index (χ3v) is 4.07. The van der Waals surface area contributed by atoms with Gasteiger partial charge in [0.05, 0.1) is 6.61 Å². The number of alkyl halides is 2. The van der Waals surface area contributed by atoms with Crippen LogP contribution in [0.5, 0.6) is 0 Å². The van der Waals surface area contributed by atoms with Crippen LogP contribution >= 0.6 is 30.7 Å². The molecule has 0 aliphatic carbocycles. The smallest absolute Gasteiger partial charge is 0.269 e. The third-order valence-electron chi connectivity index (χ3n) is 1.57. The highest BCUT2D eigenvalue weighted by Crippen LogP contribution is 2.46. The van der Waals surface area contributed by atoms with E-state index in [4.69, 9.17) is 27.7 Å². The second-order valence-electron chi connectivity index (χ2n) is 2.55. The largest absolute Gasteiger partial charge is 0.318 e. The van der Waals surface area contributed by atoms with Crippen LogP contribution in [0.25, 0.3) is 0 Å². The summed E-state index contributed by atoms with van der Waals surface area (Å²) in [6.07, 6.45) is 0. The number of hydrogen-bond donors (Lipinski definition) is 0. The van der Waals surface area contributed by atoms with Crippen LogP contribution in [0.4, 0.5) is 0 Å². The molecule has 0 aliphatic rings. The van der Waals surface area contributed by atoms with Crippen molar-refractivity contribution < 1.29 is 9.09 Å². The SMILES string of the molecule is CCO[P@](C)(=O)N(CCCl)CCCl. The lowest BCUT2D eigenvalue weighted by molar-refractivity contribution is 0.284. The number of nitrogens with zero attached hydrogens (tertiary/aromatic N) is 1. The topological polar surface area (TPSA) is 29.5 Å². The Kier molecular flexibility index (Phi) is 7.48. The van der Waals surface area contributed by atoms with E-state index in [2.05, 4.69) is 0 Å². The summed E-state index contributed by atoms with van der Waals surface area (Å²) in [5, 5.41) is 0. The fraction of sp³-hybridized carbons (Fsp3) is 1.00. The van der Waals surface area contributed by atoms with Crippen molar-refractivity contribution >= 4 is 30.7 Å². The fourth-order valence-electron chi connectivity index (χ4n) is 0.991. The van der Waals surface area contributed by atoms with Crippen LogP contribution in [0.15, 0.2) is 0 Å². The molecular formula is C7H16Cl2NO2P. The van der Waals surface area contributed by atoms with E-state index < -0.39 is 7.52 Å². The van der Waals surface area contributed by atoms with Gasteiger partial charge in [-0.15, -0.1) is 23.2 Å². The average Bonchev–Trinajstić information content (AvgIpc) is 2.04. The Hall–Kier alpha value is 0.730. The molecule has 1 atom stereocenters. The summed E-state index contributed by atoms with van der Waals surface area (Å²) in [6, 6.07) is 0. The zero-order valence-corrected chi connectivity index (χ0v) is 10.4. The predicted molar refractivity (Wildman–Crippen MR) is 58.2 cm³/mol. The molecular weight excluding hydrogens is 232 g/mol. The Balaban J connectivity index is 4.23. The quantitative estimate of drug-likeness (QED) is 0.512. The molecule has 0 fully saturated rings. The number of hydrogen-bond acceptors (Lipinski definition) is 2. The third kappa shape index (κ3) is 5.24. The Morgan fingerprint density at radius 1 is 1.31 bits per heavy atom. The van der Waals surface area contributed by atoms with Crippen LogP contribution in [0.3, 0.4) is 0 Å². The van der Waals surface area contributed by atoms with Gasteiger partial charge in [-0.3, -0.25) is 4.57 Å². The summed E-state index contributed by atoms with van der Waals surface area (Å²) in [7, 11) is -2.67. The molecule has 0 spiro atoms. The lowest BCUT2D eigenvalue weighted by Gasteiger charge is -2.26. The molecule has 0 aromatic rings. The first-order valence-electron chi connectivity index (χ1n) is 4.18. The molecule has 0 amide bonds. The van der Waals surface area contributed by atoms with E-state index in [0.717, 1.165) is 0 Å². The van der Waals surface area contributed by atoms with Crippen LogP contribution in [-0.4, -0.2) is 42.8 Å². The van der Waals surface area contributed by atoms with E-state index in [0.29, 0.717) is 31.5 Å². The van der Waals surface area contributed by atoms with Gasteiger partial charge in [0.25, 0.3) is 7.52 Å². The summed E-state index contributed by atoms with van der Waals surface area (Å²) in [4.78, 5) is 0. The van der Waals surface area contributed by atoms with Gasteiger partial charge in [0.15, 0.2) is 0 Å². The van der Waals surface area contributed by atoms with Crippen LogP contribution in [-0.2, 0) is 9.09 Å². The summed E-state index contributed by atoms with van der Waals surface area (Å²) >= 11 is 11.2.